The van der Waals surface area contributed by atoms with Crippen LogP contribution in [0.4, 0.5) is 0 Å². The molecule has 0 spiro atoms. The first-order chi connectivity index (χ1) is 9.13. The second-order valence-corrected chi connectivity index (χ2v) is 6.30. The van der Waals surface area contributed by atoms with Gasteiger partial charge in [0.05, 0.1) is 6.54 Å². The Balaban J connectivity index is 2.08. The molecule has 1 aliphatic carbocycles. The van der Waals surface area contributed by atoms with Crippen LogP contribution >= 0.6 is 11.8 Å². The van der Waals surface area contributed by atoms with Crippen LogP contribution in [-0.4, -0.2) is 39.5 Å². The molecule has 1 aromatic heterocycles. The van der Waals surface area contributed by atoms with Gasteiger partial charge in [-0.25, -0.2) is 4.98 Å². The Kier molecular flexibility index (Phi) is 5.05. The summed E-state index contributed by atoms with van der Waals surface area (Å²) in [6.07, 6.45) is 6.85. The second-order valence-electron chi connectivity index (χ2n) is 5.22. The lowest BCUT2D eigenvalue weighted by molar-refractivity contribution is 0.235. The first-order valence-electron chi connectivity index (χ1n) is 6.96. The van der Waals surface area contributed by atoms with Crippen molar-refractivity contribution in [2.24, 2.45) is 0 Å². The van der Waals surface area contributed by atoms with Crippen molar-refractivity contribution in [2.75, 3.05) is 13.3 Å². The van der Waals surface area contributed by atoms with Crippen LogP contribution in [0.2, 0.25) is 0 Å². The number of aromatic nitrogens is 2. The first kappa shape index (κ1) is 14.6. The molecule has 0 radical (unpaired) electrons. The number of nitrogens with zero attached hydrogens (tertiary/aromatic N) is 2. The number of H-pyrrole nitrogens is 1. The monoisotopic (exact) mass is 281 g/mol. The third kappa shape index (κ3) is 3.60. The predicted molar refractivity (Wildman–Crippen MR) is 80.6 cm³/mol. The summed E-state index contributed by atoms with van der Waals surface area (Å²) in [5, 5.41) is 0.714. The lowest BCUT2D eigenvalue weighted by Gasteiger charge is -2.28. The molecule has 1 aliphatic rings. The molecule has 2 rings (SSSR count). The zero-order valence-electron chi connectivity index (χ0n) is 12.0. The Morgan fingerprint density at radius 3 is 3.00 bits per heavy atom. The molecule has 0 amide bonds. The summed E-state index contributed by atoms with van der Waals surface area (Å²) in [7, 11) is 2.14. The van der Waals surface area contributed by atoms with E-state index in [-0.39, 0.29) is 5.56 Å². The van der Waals surface area contributed by atoms with E-state index in [1.54, 1.807) is 6.07 Å². The number of aromatic amines is 1. The highest BCUT2D eigenvalue weighted by Gasteiger charge is 2.29. The van der Waals surface area contributed by atoms with Gasteiger partial charge in [-0.15, -0.1) is 0 Å². The fraction of sp³-hybridized carbons (Fsp3) is 0.714. The van der Waals surface area contributed by atoms with Gasteiger partial charge in [-0.2, -0.15) is 11.8 Å². The molecule has 0 aromatic carbocycles. The highest BCUT2D eigenvalue weighted by atomic mass is 32.2. The van der Waals surface area contributed by atoms with E-state index in [0.717, 1.165) is 24.5 Å². The first-order valence-corrected chi connectivity index (χ1v) is 8.25. The molecule has 1 heterocycles. The molecule has 0 saturated heterocycles. The van der Waals surface area contributed by atoms with Crippen LogP contribution in [-0.2, 0) is 13.0 Å². The highest BCUT2D eigenvalue weighted by molar-refractivity contribution is 7.99. The summed E-state index contributed by atoms with van der Waals surface area (Å²) in [6.45, 7) is 2.75. The van der Waals surface area contributed by atoms with Crippen LogP contribution in [0.5, 0.6) is 0 Å². The van der Waals surface area contributed by atoms with Crippen molar-refractivity contribution in [3.63, 3.8) is 0 Å². The number of thioether (sulfide) groups is 1. The summed E-state index contributed by atoms with van der Waals surface area (Å²) < 4.78 is 0. The summed E-state index contributed by atoms with van der Waals surface area (Å²) in [5.41, 5.74) is 0.836. The van der Waals surface area contributed by atoms with Gasteiger partial charge in [0.1, 0.15) is 5.82 Å². The quantitative estimate of drug-likeness (QED) is 0.897. The molecule has 2 atom stereocenters. The van der Waals surface area contributed by atoms with Crippen LogP contribution in [0.25, 0.3) is 0 Å². The number of aryl methyl sites for hydroxylation is 1. The van der Waals surface area contributed by atoms with Crippen LogP contribution < -0.4 is 5.56 Å². The SMILES string of the molecule is CCc1cc(=O)[nH]c(CN(C)[C@@H]2CCC[C@H]2SC)n1. The fourth-order valence-electron chi connectivity index (χ4n) is 2.86. The van der Waals surface area contributed by atoms with E-state index < -0.39 is 0 Å². The standard InChI is InChI=1S/C14H23N3OS/c1-4-10-8-14(18)16-13(15-10)9-17(2)11-6-5-7-12(11)19-3/h8,11-12H,4-7,9H2,1-3H3,(H,15,16,18)/t11-,12-/m1/s1. The molecular weight excluding hydrogens is 258 g/mol. The minimum atomic E-state index is -0.0388. The maximum Gasteiger partial charge on any atom is 0.251 e. The molecule has 0 unspecified atom stereocenters. The molecule has 19 heavy (non-hydrogen) atoms. The number of hydrogen-bond donors (Lipinski definition) is 1. The molecule has 4 nitrogen and oxygen atoms in total. The number of rotatable bonds is 5. The van der Waals surface area contributed by atoms with Gasteiger partial charge in [0.15, 0.2) is 0 Å². The zero-order valence-corrected chi connectivity index (χ0v) is 12.8. The van der Waals surface area contributed by atoms with E-state index in [0.29, 0.717) is 11.3 Å². The number of hydrogen-bond acceptors (Lipinski definition) is 4. The van der Waals surface area contributed by atoms with E-state index in [1.165, 1.54) is 19.3 Å². The van der Waals surface area contributed by atoms with Crippen molar-refractivity contribution >= 4 is 11.8 Å². The van der Waals surface area contributed by atoms with Crippen LogP contribution in [0, 0.1) is 0 Å². The summed E-state index contributed by atoms with van der Waals surface area (Å²) in [5.74, 6) is 0.790. The Morgan fingerprint density at radius 1 is 1.53 bits per heavy atom. The average Bonchev–Trinajstić information content (AvgIpc) is 2.86. The van der Waals surface area contributed by atoms with Gasteiger partial charge < -0.3 is 4.98 Å². The molecule has 0 bridgehead atoms. The molecule has 1 fully saturated rings. The lowest BCUT2D eigenvalue weighted by Crippen LogP contribution is -2.36. The molecule has 1 saturated carbocycles. The molecule has 0 aliphatic heterocycles. The van der Waals surface area contributed by atoms with Gasteiger partial charge in [0.2, 0.25) is 0 Å². The van der Waals surface area contributed by atoms with Gasteiger partial charge in [0, 0.05) is 23.1 Å². The van der Waals surface area contributed by atoms with E-state index in [2.05, 4.69) is 28.2 Å². The minimum absolute atomic E-state index is 0.0388. The largest absolute Gasteiger partial charge is 0.309 e. The molecular formula is C14H23N3OS. The maximum atomic E-state index is 11.6. The predicted octanol–water partition coefficient (Wildman–Crippen LogP) is 2.05. The van der Waals surface area contributed by atoms with Crippen molar-refractivity contribution in [3.8, 4) is 0 Å². The lowest BCUT2D eigenvalue weighted by atomic mass is 10.2. The highest BCUT2D eigenvalue weighted by Crippen LogP contribution is 2.31. The van der Waals surface area contributed by atoms with E-state index in [4.69, 9.17) is 0 Å². The maximum absolute atomic E-state index is 11.6. The molecule has 5 heteroatoms. The van der Waals surface area contributed by atoms with Crippen LogP contribution in [0.3, 0.4) is 0 Å². The van der Waals surface area contributed by atoms with Gasteiger partial charge in [-0.1, -0.05) is 13.3 Å². The summed E-state index contributed by atoms with van der Waals surface area (Å²) in [6, 6.07) is 2.19. The van der Waals surface area contributed by atoms with Crippen LogP contribution in [0.1, 0.15) is 37.7 Å². The number of nitrogens with one attached hydrogen (secondary N) is 1. The van der Waals surface area contributed by atoms with Crippen molar-refractivity contribution < 1.29 is 0 Å². The minimum Gasteiger partial charge on any atom is -0.309 e. The van der Waals surface area contributed by atoms with Gasteiger partial charge >= 0.3 is 0 Å². The Labute approximate surface area is 119 Å². The van der Waals surface area contributed by atoms with Gasteiger partial charge in [0.25, 0.3) is 5.56 Å². The van der Waals surface area contributed by atoms with E-state index in [9.17, 15) is 4.79 Å². The summed E-state index contributed by atoms with van der Waals surface area (Å²) in [4.78, 5) is 21.3. The Morgan fingerprint density at radius 2 is 2.32 bits per heavy atom. The van der Waals surface area contributed by atoms with Crippen molar-refractivity contribution in [2.45, 2.75) is 50.4 Å². The van der Waals surface area contributed by atoms with Crippen molar-refractivity contribution in [3.05, 3.63) is 27.9 Å². The van der Waals surface area contributed by atoms with E-state index >= 15 is 0 Å². The third-order valence-electron chi connectivity index (χ3n) is 3.89. The Bertz CT molecular complexity index is 474. The van der Waals surface area contributed by atoms with Crippen molar-refractivity contribution in [1.82, 2.24) is 14.9 Å². The average molecular weight is 281 g/mol. The Hall–Kier alpha value is -0.810. The molecule has 1 N–H and O–H groups in total. The normalized spacial score (nSPS) is 23.2. The zero-order chi connectivity index (χ0) is 13.8. The van der Waals surface area contributed by atoms with E-state index in [1.807, 2.05) is 18.7 Å². The van der Waals surface area contributed by atoms with Gasteiger partial charge in [-0.3, -0.25) is 9.69 Å². The smallest absolute Gasteiger partial charge is 0.251 e. The summed E-state index contributed by atoms with van der Waals surface area (Å²) >= 11 is 1.96. The van der Waals surface area contributed by atoms with Crippen molar-refractivity contribution in [1.29, 1.82) is 0 Å². The molecule has 106 valence electrons. The van der Waals surface area contributed by atoms with Gasteiger partial charge in [-0.05, 0) is 32.6 Å². The molecule has 1 aromatic rings. The van der Waals surface area contributed by atoms with Crippen LogP contribution in [0.15, 0.2) is 10.9 Å². The second kappa shape index (κ2) is 6.57. The third-order valence-corrected chi connectivity index (χ3v) is 5.05. The topological polar surface area (TPSA) is 49.0 Å². The fourth-order valence-corrected chi connectivity index (χ4v) is 3.92.